The van der Waals surface area contributed by atoms with Crippen LogP contribution in [0, 0.1) is 28.1 Å². The maximum atomic E-state index is 14.0. The molecule has 0 amide bonds. The Kier molecular flexibility index (Phi) is 7.00. The second-order valence-electron chi connectivity index (χ2n) is 12.5. The highest BCUT2D eigenvalue weighted by Crippen LogP contribution is 2.55. The van der Waals surface area contributed by atoms with E-state index in [-0.39, 0.29) is 18.3 Å². The van der Waals surface area contributed by atoms with E-state index in [0.29, 0.717) is 46.4 Å². The van der Waals surface area contributed by atoms with E-state index in [1.165, 1.54) is 12.4 Å². The number of rotatable bonds is 7. The molecule has 1 aliphatic rings. The van der Waals surface area contributed by atoms with Crippen LogP contribution in [0.3, 0.4) is 0 Å². The third-order valence-electron chi connectivity index (χ3n) is 8.12. The van der Waals surface area contributed by atoms with Crippen LogP contribution in [0.4, 0.5) is 18.9 Å². The van der Waals surface area contributed by atoms with Gasteiger partial charge in [-0.15, -0.1) is 5.10 Å². The van der Waals surface area contributed by atoms with Crippen molar-refractivity contribution in [2.24, 2.45) is 5.41 Å². The summed E-state index contributed by atoms with van der Waals surface area (Å²) in [4.78, 5) is 8.91. The number of fused-ring (bicyclic) bond motifs is 2. The van der Waals surface area contributed by atoms with Crippen LogP contribution in [0.2, 0.25) is 0 Å². The predicted molar refractivity (Wildman–Crippen MR) is 160 cm³/mol. The summed E-state index contributed by atoms with van der Waals surface area (Å²) in [5.41, 5.74) is 2.29. The number of hydrogen-bond acceptors (Lipinski definition) is 7. The fourth-order valence-corrected chi connectivity index (χ4v) is 5.64. The number of nitrogens with zero attached hydrogens (tertiary/aromatic N) is 7. The maximum absolute atomic E-state index is 14.0. The first-order valence-electron chi connectivity index (χ1n) is 14.3. The Morgan fingerprint density at radius 2 is 1.77 bits per heavy atom. The summed E-state index contributed by atoms with van der Waals surface area (Å²) in [6.45, 7) is 6.79. The molecular formula is C33H29F3N8. The van der Waals surface area contributed by atoms with E-state index in [9.17, 15) is 23.7 Å². The lowest BCUT2D eigenvalue weighted by Gasteiger charge is -2.22. The van der Waals surface area contributed by atoms with Crippen molar-refractivity contribution in [3.05, 3.63) is 89.0 Å². The Bertz CT molecular complexity index is 1970. The van der Waals surface area contributed by atoms with Gasteiger partial charge in [0.2, 0.25) is 0 Å². The molecule has 1 atom stereocenters. The SMILES string of the molecule is CC(C)(C)CNc1c(C#N)cnc2c(C#N)cc(C[C@H](c3cn(C4(C(F)(F)F)CC4)nn3)c3cccc4ncccc34)cc12. The lowest BCUT2D eigenvalue weighted by Crippen LogP contribution is -2.35. The Morgan fingerprint density at radius 3 is 2.45 bits per heavy atom. The van der Waals surface area contributed by atoms with Crippen LogP contribution >= 0.6 is 0 Å². The highest BCUT2D eigenvalue weighted by atomic mass is 19.4. The minimum Gasteiger partial charge on any atom is -0.383 e. The molecule has 11 heteroatoms. The highest BCUT2D eigenvalue weighted by Gasteiger charge is 2.66. The number of anilines is 1. The van der Waals surface area contributed by atoms with Crippen LogP contribution in [-0.2, 0) is 12.0 Å². The third-order valence-corrected chi connectivity index (χ3v) is 8.12. The van der Waals surface area contributed by atoms with Crippen molar-refractivity contribution in [3.8, 4) is 12.1 Å². The largest absolute Gasteiger partial charge is 0.413 e. The summed E-state index contributed by atoms with van der Waals surface area (Å²) in [5, 5.41) is 33.1. The molecular weight excluding hydrogens is 565 g/mol. The Labute approximate surface area is 252 Å². The van der Waals surface area contributed by atoms with Gasteiger partial charge in [-0.25, -0.2) is 4.68 Å². The topological polar surface area (TPSA) is 116 Å². The smallest absolute Gasteiger partial charge is 0.383 e. The van der Waals surface area contributed by atoms with Crippen molar-refractivity contribution in [1.82, 2.24) is 25.0 Å². The Balaban J connectivity index is 1.51. The molecule has 0 spiro atoms. The van der Waals surface area contributed by atoms with Gasteiger partial charge in [0.15, 0.2) is 5.54 Å². The van der Waals surface area contributed by atoms with E-state index in [4.69, 9.17) is 0 Å². The van der Waals surface area contributed by atoms with Gasteiger partial charge in [0.1, 0.15) is 12.1 Å². The number of nitriles is 2. The standard InChI is InChI=1S/C33H29F3N8/c1-31(2,3)19-41-30-22(16-38)17-40-29-21(15-37)12-20(14-26(29)30)13-25(23-6-4-8-27-24(23)7-5-11-39-27)28-18-44(43-42-28)32(9-10-32)33(34,35)36/h4-8,11-12,14,17-18,25H,9-10,13,19H2,1-3H3,(H,40,41)/t25-/m0/s1. The second kappa shape index (κ2) is 10.6. The number of pyridine rings is 2. The molecule has 0 radical (unpaired) electrons. The van der Waals surface area contributed by atoms with Gasteiger partial charge in [-0.2, -0.15) is 23.7 Å². The van der Waals surface area contributed by atoms with E-state index < -0.39 is 17.6 Å². The van der Waals surface area contributed by atoms with Crippen LogP contribution in [0.15, 0.2) is 61.1 Å². The van der Waals surface area contributed by atoms with Crippen LogP contribution in [0.25, 0.3) is 21.8 Å². The molecule has 0 bridgehead atoms. The average Bonchev–Trinajstić information content (AvgIpc) is 3.68. The number of aromatic nitrogens is 5. The second-order valence-corrected chi connectivity index (χ2v) is 12.5. The molecule has 3 aromatic heterocycles. The predicted octanol–water partition coefficient (Wildman–Crippen LogP) is 7.00. The molecule has 1 saturated carbocycles. The summed E-state index contributed by atoms with van der Waals surface area (Å²) in [6.07, 6.45) is 0.315. The molecule has 1 N–H and O–H groups in total. The normalized spacial score (nSPS) is 15.1. The summed E-state index contributed by atoms with van der Waals surface area (Å²) >= 11 is 0. The minimum absolute atomic E-state index is 0.0447. The summed E-state index contributed by atoms with van der Waals surface area (Å²) in [5.74, 6) is -0.511. The third kappa shape index (κ3) is 5.19. The zero-order valence-corrected chi connectivity index (χ0v) is 24.4. The van der Waals surface area contributed by atoms with Crippen LogP contribution in [0.1, 0.15) is 67.5 Å². The Hall–Kier alpha value is -5.03. The number of nitrogens with one attached hydrogen (secondary N) is 1. The van der Waals surface area contributed by atoms with Gasteiger partial charge in [-0.1, -0.05) is 44.2 Å². The van der Waals surface area contributed by atoms with E-state index in [1.54, 1.807) is 12.3 Å². The zero-order valence-electron chi connectivity index (χ0n) is 24.4. The van der Waals surface area contributed by atoms with Crippen LogP contribution in [-0.4, -0.2) is 37.7 Å². The molecule has 8 nitrogen and oxygen atoms in total. The van der Waals surface area contributed by atoms with Crippen molar-refractivity contribution >= 4 is 27.5 Å². The fraction of sp³-hybridized carbons (Fsp3) is 0.333. The molecule has 1 aliphatic carbocycles. The zero-order chi connectivity index (χ0) is 31.3. The average molecular weight is 595 g/mol. The molecule has 0 unspecified atom stereocenters. The van der Waals surface area contributed by atoms with Crippen molar-refractivity contribution < 1.29 is 13.2 Å². The van der Waals surface area contributed by atoms with Gasteiger partial charge in [0, 0.05) is 35.6 Å². The van der Waals surface area contributed by atoms with E-state index in [0.717, 1.165) is 26.7 Å². The van der Waals surface area contributed by atoms with Gasteiger partial charge >= 0.3 is 6.18 Å². The van der Waals surface area contributed by atoms with Crippen molar-refractivity contribution in [3.63, 3.8) is 0 Å². The van der Waals surface area contributed by atoms with Crippen LogP contribution in [0.5, 0.6) is 0 Å². The highest BCUT2D eigenvalue weighted by molar-refractivity contribution is 5.97. The summed E-state index contributed by atoms with van der Waals surface area (Å²) < 4.78 is 42.9. The van der Waals surface area contributed by atoms with Gasteiger partial charge in [-0.05, 0) is 60.1 Å². The molecule has 3 heterocycles. The van der Waals surface area contributed by atoms with Crippen molar-refractivity contribution in [2.45, 2.75) is 57.7 Å². The first-order chi connectivity index (χ1) is 20.9. The fourth-order valence-electron chi connectivity index (χ4n) is 5.64. The Morgan fingerprint density at radius 1 is 1.00 bits per heavy atom. The lowest BCUT2D eigenvalue weighted by atomic mass is 9.86. The number of benzene rings is 2. The first-order valence-corrected chi connectivity index (χ1v) is 14.3. The van der Waals surface area contributed by atoms with E-state index in [2.05, 4.69) is 58.5 Å². The van der Waals surface area contributed by atoms with Crippen LogP contribution < -0.4 is 5.32 Å². The first kappa shape index (κ1) is 29.1. The molecule has 44 heavy (non-hydrogen) atoms. The molecule has 6 rings (SSSR count). The minimum atomic E-state index is -4.45. The molecule has 0 aliphatic heterocycles. The van der Waals surface area contributed by atoms with Gasteiger partial charge in [0.25, 0.3) is 0 Å². The quantitative estimate of drug-likeness (QED) is 0.216. The van der Waals surface area contributed by atoms with Crippen molar-refractivity contribution in [2.75, 3.05) is 11.9 Å². The lowest BCUT2D eigenvalue weighted by molar-refractivity contribution is -0.182. The molecule has 2 aromatic carbocycles. The number of halogens is 3. The van der Waals surface area contributed by atoms with Gasteiger partial charge < -0.3 is 5.32 Å². The monoisotopic (exact) mass is 594 g/mol. The van der Waals surface area contributed by atoms with E-state index >= 15 is 0 Å². The summed E-state index contributed by atoms with van der Waals surface area (Å²) in [6, 6.07) is 17.5. The van der Waals surface area contributed by atoms with Crippen molar-refractivity contribution in [1.29, 1.82) is 10.5 Å². The number of hydrogen-bond donors (Lipinski definition) is 1. The van der Waals surface area contributed by atoms with E-state index in [1.807, 2.05) is 36.4 Å². The van der Waals surface area contributed by atoms with Gasteiger partial charge in [-0.3, -0.25) is 9.97 Å². The molecule has 222 valence electrons. The number of alkyl halides is 3. The molecule has 0 saturated heterocycles. The molecule has 1 fully saturated rings. The molecule has 5 aromatic rings. The maximum Gasteiger partial charge on any atom is 0.413 e. The summed E-state index contributed by atoms with van der Waals surface area (Å²) in [7, 11) is 0. The van der Waals surface area contributed by atoms with Gasteiger partial charge in [0.05, 0.1) is 39.7 Å².